The average molecular weight is 294 g/mol. The number of nitrogens with one attached hydrogen (secondary N) is 1. The molecule has 0 aliphatic heterocycles. The fourth-order valence-electron chi connectivity index (χ4n) is 2.68. The molecule has 0 aliphatic carbocycles. The Kier molecular flexibility index (Phi) is 4.17. The smallest absolute Gasteiger partial charge is 0.135 e. The molecule has 0 spiro atoms. The monoisotopic (exact) mass is 293 g/mol. The Morgan fingerprint density at radius 1 is 1.25 bits per heavy atom. The van der Waals surface area contributed by atoms with E-state index in [1.54, 1.807) is 0 Å². The summed E-state index contributed by atoms with van der Waals surface area (Å²) in [5, 5.41) is 5.47. The molecule has 0 saturated carbocycles. The Morgan fingerprint density at radius 3 is 2.45 bits per heavy atom. The molecule has 1 N–H and O–H groups in total. The summed E-state index contributed by atoms with van der Waals surface area (Å²) in [4.78, 5) is 0. The van der Waals surface area contributed by atoms with Gasteiger partial charge in [-0.1, -0.05) is 39.3 Å². The van der Waals surface area contributed by atoms with Crippen LogP contribution in [0.3, 0.4) is 0 Å². The van der Waals surface area contributed by atoms with Crippen molar-refractivity contribution in [1.82, 2.24) is 5.32 Å². The van der Waals surface area contributed by atoms with Crippen LogP contribution >= 0.6 is 11.6 Å². The number of hydrogen-bond donors (Lipinski definition) is 1. The van der Waals surface area contributed by atoms with E-state index in [2.05, 4.69) is 46.0 Å². The highest BCUT2D eigenvalue weighted by Crippen LogP contribution is 2.38. The SMILES string of the molecule is CCNC(c1cc2c(C)c(Cl)c(C)cc2o1)C(C)(C)C. The molecule has 0 saturated heterocycles. The topological polar surface area (TPSA) is 25.2 Å². The quantitative estimate of drug-likeness (QED) is 0.819. The minimum absolute atomic E-state index is 0.0939. The Morgan fingerprint density at radius 2 is 1.90 bits per heavy atom. The zero-order chi connectivity index (χ0) is 15.1. The summed E-state index contributed by atoms with van der Waals surface area (Å²) in [6.07, 6.45) is 0. The lowest BCUT2D eigenvalue weighted by atomic mass is 9.85. The van der Waals surface area contributed by atoms with E-state index in [9.17, 15) is 0 Å². The van der Waals surface area contributed by atoms with Crippen molar-refractivity contribution < 1.29 is 4.42 Å². The first-order chi connectivity index (χ1) is 9.25. The molecule has 0 amide bonds. The van der Waals surface area contributed by atoms with E-state index in [1.807, 2.05) is 13.0 Å². The number of benzene rings is 1. The Bertz CT molecular complexity index is 622. The summed E-state index contributed by atoms with van der Waals surface area (Å²) in [6, 6.07) is 4.35. The molecule has 0 aliphatic rings. The molecule has 1 unspecified atom stereocenters. The second kappa shape index (κ2) is 5.42. The Labute approximate surface area is 126 Å². The maximum absolute atomic E-state index is 6.34. The van der Waals surface area contributed by atoms with Crippen LogP contribution in [0.15, 0.2) is 16.5 Å². The normalized spacial score (nSPS) is 13.9. The van der Waals surface area contributed by atoms with Crippen LogP contribution < -0.4 is 5.32 Å². The van der Waals surface area contributed by atoms with Crippen molar-refractivity contribution in [3.05, 3.63) is 34.0 Å². The van der Waals surface area contributed by atoms with Crippen LogP contribution in [0, 0.1) is 19.3 Å². The summed E-state index contributed by atoms with van der Waals surface area (Å²) in [5.41, 5.74) is 3.18. The molecule has 110 valence electrons. The molecule has 20 heavy (non-hydrogen) atoms. The fraction of sp³-hybridized carbons (Fsp3) is 0.529. The molecule has 1 aromatic heterocycles. The zero-order valence-corrected chi connectivity index (χ0v) is 14.0. The summed E-state index contributed by atoms with van der Waals surface area (Å²) in [5.74, 6) is 0.985. The number of rotatable bonds is 3. The highest BCUT2D eigenvalue weighted by Gasteiger charge is 2.28. The van der Waals surface area contributed by atoms with Crippen molar-refractivity contribution in [2.75, 3.05) is 6.54 Å². The van der Waals surface area contributed by atoms with Gasteiger partial charge < -0.3 is 9.73 Å². The van der Waals surface area contributed by atoms with Crippen molar-refractivity contribution >= 4 is 22.6 Å². The standard InChI is InChI=1S/C17H24ClNO/c1-7-19-16(17(4,5)6)14-9-12-11(3)15(18)10(2)8-13(12)20-14/h8-9,16,19H,7H2,1-6H3. The first-order valence-electron chi connectivity index (χ1n) is 7.18. The van der Waals surface area contributed by atoms with E-state index in [0.717, 1.165) is 39.4 Å². The van der Waals surface area contributed by atoms with Gasteiger partial charge in [0.1, 0.15) is 11.3 Å². The maximum atomic E-state index is 6.34. The average Bonchev–Trinajstić information content (AvgIpc) is 2.75. The summed E-state index contributed by atoms with van der Waals surface area (Å²) in [6.45, 7) is 13.8. The van der Waals surface area contributed by atoms with Crippen LogP contribution in [0.25, 0.3) is 11.0 Å². The summed E-state index contributed by atoms with van der Waals surface area (Å²) < 4.78 is 6.10. The van der Waals surface area contributed by atoms with Gasteiger partial charge in [0.15, 0.2) is 0 Å². The molecule has 1 aromatic carbocycles. The van der Waals surface area contributed by atoms with Crippen LogP contribution in [0.4, 0.5) is 0 Å². The van der Waals surface area contributed by atoms with Gasteiger partial charge in [-0.25, -0.2) is 0 Å². The molecule has 2 aromatic rings. The van der Waals surface area contributed by atoms with E-state index in [4.69, 9.17) is 16.0 Å². The van der Waals surface area contributed by atoms with Gasteiger partial charge in [0, 0.05) is 10.4 Å². The molecular formula is C17H24ClNO. The summed E-state index contributed by atoms with van der Waals surface area (Å²) in [7, 11) is 0. The molecule has 1 heterocycles. The van der Waals surface area contributed by atoms with Crippen molar-refractivity contribution in [2.24, 2.45) is 5.41 Å². The van der Waals surface area contributed by atoms with Gasteiger partial charge in [-0.15, -0.1) is 0 Å². The predicted octanol–water partition coefficient (Wildman–Crippen LogP) is 5.40. The van der Waals surface area contributed by atoms with Crippen LogP contribution in [-0.2, 0) is 0 Å². The highest BCUT2D eigenvalue weighted by molar-refractivity contribution is 6.33. The third kappa shape index (κ3) is 2.72. The minimum Gasteiger partial charge on any atom is -0.459 e. The van der Waals surface area contributed by atoms with Crippen molar-refractivity contribution in [1.29, 1.82) is 0 Å². The third-order valence-electron chi connectivity index (χ3n) is 3.77. The second-order valence-corrected chi connectivity index (χ2v) is 6.93. The Balaban J connectivity index is 2.58. The van der Waals surface area contributed by atoms with Gasteiger partial charge in [0.05, 0.1) is 6.04 Å². The third-order valence-corrected chi connectivity index (χ3v) is 4.35. The van der Waals surface area contributed by atoms with Crippen LogP contribution in [0.2, 0.25) is 5.02 Å². The Hall–Kier alpha value is -0.990. The molecule has 0 radical (unpaired) electrons. The van der Waals surface area contributed by atoms with Gasteiger partial charge in [-0.05, 0) is 49.1 Å². The van der Waals surface area contributed by atoms with Gasteiger partial charge in [-0.2, -0.15) is 0 Å². The number of aryl methyl sites for hydroxylation is 2. The van der Waals surface area contributed by atoms with Gasteiger partial charge in [0.25, 0.3) is 0 Å². The van der Waals surface area contributed by atoms with E-state index in [-0.39, 0.29) is 11.5 Å². The van der Waals surface area contributed by atoms with E-state index >= 15 is 0 Å². The van der Waals surface area contributed by atoms with Crippen molar-refractivity contribution in [3.8, 4) is 0 Å². The predicted molar refractivity (Wildman–Crippen MR) is 86.6 cm³/mol. The second-order valence-electron chi connectivity index (χ2n) is 6.55. The molecule has 2 rings (SSSR count). The number of fused-ring (bicyclic) bond motifs is 1. The number of hydrogen-bond acceptors (Lipinski definition) is 2. The summed E-state index contributed by atoms with van der Waals surface area (Å²) >= 11 is 6.34. The van der Waals surface area contributed by atoms with Gasteiger partial charge in [0.2, 0.25) is 0 Å². The fourth-order valence-corrected chi connectivity index (χ4v) is 2.84. The zero-order valence-electron chi connectivity index (χ0n) is 13.2. The van der Waals surface area contributed by atoms with Crippen molar-refractivity contribution in [2.45, 2.75) is 47.6 Å². The first kappa shape index (κ1) is 15.4. The van der Waals surface area contributed by atoms with Gasteiger partial charge >= 0.3 is 0 Å². The van der Waals surface area contributed by atoms with Crippen LogP contribution in [-0.4, -0.2) is 6.54 Å². The maximum Gasteiger partial charge on any atom is 0.135 e. The van der Waals surface area contributed by atoms with E-state index in [0.29, 0.717) is 0 Å². The lowest BCUT2D eigenvalue weighted by molar-refractivity contribution is 0.244. The molecule has 1 atom stereocenters. The molecular weight excluding hydrogens is 270 g/mol. The molecule has 0 bridgehead atoms. The van der Waals surface area contributed by atoms with E-state index < -0.39 is 0 Å². The highest BCUT2D eigenvalue weighted by atomic mass is 35.5. The van der Waals surface area contributed by atoms with Gasteiger partial charge in [-0.3, -0.25) is 0 Å². The first-order valence-corrected chi connectivity index (χ1v) is 7.56. The number of furan rings is 1. The van der Waals surface area contributed by atoms with Crippen molar-refractivity contribution in [3.63, 3.8) is 0 Å². The molecule has 0 fully saturated rings. The van der Waals surface area contributed by atoms with Crippen LogP contribution in [0.5, 0.6) is 0 Å². The minimum atomic E-state index is 0.0939. The van der Waals surface area contributed by atoms with Crippen LogP contribution in [0.1, 0.15) is 50.6 Å². The lowest BCUT2D eigenvalue weighted by Gasteiger charge is -2.29. The largest absolute Gasteiger partial charge is 0.459 e. The molecule has 2 nitrogen and oxygen atoms in total. The molecule has 3 heteroatoms. The lowest BCUT2D eigenvalue weighted by Crippen LogP contribution is -2.31. The number of halogens is 1. The van der Waals surface area contributed by atoms with E-state index in [1.165, 1.54) is 0 Å².